The lowest BCUT2D eigenvalue weighted by atomic mass is 10.2. The Kier molecular flexibility index (Phi) is 5.01. The fourth-order valence-corrected chi connectivity index (χ4v) is 1.38. The molecule has 6 heteroatoms. The van der Waals surface area contributed by atoms with Crippen LogP contribution in [-0.2, 0) is 4.79 Å². The van der Waals surface area contributed by atoms with Crippen LogP contribution in [0.5, 0.6) is 5.75 Å². The maximum Gasteiger partial charge on any atom is 0.274 e. The minimum absolute atomic E-state index is 0.359. The van der Waals surface area contributed by atoms with Crippen molar-refractivity contribution in [3.8, 4) is 5.75 Å². The molecule has 0 saturated carbocycles. The number of nitrogens with one attached hydrogen (secondary N) is 1. The molecule has 88 valence electrons. The van der Waals surface area contributed by atoms with Gasteiger partial charge in [0.2, 0.25) is 0 Å². The fourth-order valence-electron chi connectivity index (χ4n) is 1.22. The van der Waals surface area contributed by atoms with Gasteiger partial charge in [-0.05, 0) is 6.42 Å². The zero-order valence-electron chi connectivity index (χ0n) is 8.94. The van der Waals surface area contributed by atoms with Gasteiger partial charge in [0.25, 0.3) is 5.91 Å². The van der Waals surface area contributed by atoms with Gasteiger partial charge < -0.3 is 4.74 Å². The van der Waals surface area contributed by atoms with E-state index in [1.807, 2.05) is 6.92 Å². The van der Waals surface area contributed by atoms with Crippen LogP contribution in [0.3, 0.4) is 0 Å². The van der Waals surface area contributed by atoms with Gasteiger partial charge in [0.1, 0.15) is 5.75 Å². The average molecular weight is 244 g/mol. The van der Waals surface area contributed by atoms with Crippen molar-refractivity contribution in [3.63, 3.8) is 0 Å². The van der Waals surface area contributed by atoms with E-state index in [9.17, 15) is 4.79 Å². The maximum absolute atomic E-state index is 11.4. The molecule has 0 spiro atoms. The Hall–Kier alpha value is -1.33. The molecule has 0 saturated heterocycles. The quantitative estimate of drug-likeness (QED) is 0.464. The van der Waals surface area contributed by atoms with Crippen LogP contribution in [0.1, 0.15) is 19.8 Å². The third-order valence-corrected chi connectivity index (χ3v) is 2.15. The predicted octanol–water partition coefficient (Wildman–Crippen LogP) is 1.27. The Morgan fingerprint density at radius 2 is 2.44 bits per heavy atom. The number of rotatable bonds is 5. The third-order valence-electron chi connectivity index (χ3n) is 1.94. The summed E-state index contributed by atoms with van der Waals surface area (Å²) in [6.07, 6.45) is 3.77. The van der Waals surface area contributed by atoms with E-state index in [0.29, 0.717) is 17.2 Å². The Morgan fingerprint density at radius 1 is 1.69 bits per heavy atom. The molecule has 0 aliphatic heterocycles. The normalized spacial score (nSPS) is 11.9. The molecule has 0 aliphatic rings. The molecule has 1 rings (SSSR count). The third kappa shape index (κ3) is 3.67. The molecule has 0 radical (unpaired) electrons. The number of hydrazine groups is 1. The predicted molar refractivity (Wildman–Crippen MR) is 60.9 cm³/mol. The van der Waals surface area contributed by atoms with Gasteiger partial charge in [0.15, 0.2) is 6.10 Å². The van der Waals surface area contributed by atoms with Crippen LogP contribution in [-0.4, -0.2) is 17.0 Å². The van der Waals surface area contributed by atoms with E-state index in [2.05, 4.69) is 10.4 Å². The van der Waals surface area contributed by atoms with E-state index in [1.54, 1.807) is 6.07 Å². The summed E-state index contributed by atoms with van der Waals surface area (Å²) in [5, 5.41) is 0.459. The molecule has 1 unspecified atom stereocenters. The zero-order chi connectivity index (χ0) is 12.0. The molecule has 1 atom stereocenters. The lowest BCUT2D eigenvalue weighted by Crippen LogP contribution is -2.42. The van der Waals surface area contributed by atoms with Gasteiger partial charge in [-0.1, -0.05) is 24.9 Å². The second-order valence-corrected chi connectivity index (χ2v) is 3.68. The number of nitrogens with zero attached hydrogens (tertiary/aromatic N) is 1. The number of nitrogens with two attached hydrogens (primary N) is 1. The van der Waals surface area contributed by atoms with Crippen molar-refractivity contribution in [2.24, 2.45) is 5.84 Å². The fraction of sp³-hybridized carbons (Fsp3) is 0.400. The first-order chi connectivity index (χ1) is 7.67. The number of amides is 1. The van der Waals surface area contributed by atoms with Crippen molar-refractivity contribution >= 4 is 17.5 Å². The number of pyridine rings is 1. The summed E-state index contributed by atoms with van der Waals surface area (Å²) in [7, 11) is 0. The van der Waals surface area contributed by atoms with Gasteiger partial charge in [0, 0.05) is 12.3 Å². The summed E-state index contributed by atoms with van der Waals surface area (Å²) >= 11 is 5.75. The van der Waals surface area contributed by atoms with Crippen molar-refractivity contribution < 1.29 is 9.53 Å². The highest BCUT2D eigenvalue weighted by atomic mass is 35.5. The Balaban J connectivity index is 2.71. The number of halogens is 1. The Labute approximate surface area is 98.9 Å². The first-order valence-corrected chi connectivity index (χ1v) is 5.32. The lowest BCUT2D eigenvalue weighted by Gasteiger charge is -2.16. The molecular weight excluding hydrogens is 230 g/mol. The van der Waals surface area contributed by atoms with E-state index in [4.69, 9.17) is 22.2 Å². The van der Waals surface area contributed by atoms with E-state index in [1.165, 1.54) is 12.4 Å². The van der Waals surface area contributed by atoms with E-state index < -0.39 is 6.10 Å². The van der Waals surface area contributed by atoms with Gasteiger partial charge in [0.05, 0.1) is 11.2 Å². The van der Waals surface area contributed by atoms with E-state index >= 15 is 0 Å². The zero-order valence-corrected chi connectivity index (χ0v) is 9.70. The molecule has 5 nitrogen and oxygen atoms in total. The number of hydrogen-bond acceptors (Lipinski definition) is 4. The molecule has 1 heterocycles. The molecule has 0 fully saturated rings. The summed E-state index contributed by atoms with van der Waals surface area (Å²) < 4.78 is 5.45. The summed E-state index contributed by atoms with van der Waals surface area (Å²) in [5.41, 5.74) is 2.07. The van der Waals surface area contributed by atoms with Crippen molar-refractivity contribution in [2.75, 3.05) is 0 Å². The first-order valence-electron chi connectivity index (χ1n) is 4.95. The van der Waals surface area contributed by atoms with Gasteiger partial charge in [-0.2, -0.15) is 0 Å². The van der Waals surface area contributed by atoms with Gasteiger partial charge in [-0.15, -0.1) is 0 Å². The molecule has 16 heavy (non-hydrogen) atoms. The van der Waals surface area contributed by atoms with Crippen molar-refractivity contribution in [3.05, 3.63) is 23.5 Å². The minimum Gasteiger partial charge on any atom is -0.479 e. The summed E-state index contributed by atoms with van der Waals surface area (Å²) in [6.45, 7) is 1.95. The molecule has 0 aromatic carbocycles. The van der Waals surface area contributed by atoms with Crippen LogP contribution < -0.4 is 16.0 Å². The summed E-state index contributed by atoms with van der Waals surface area (Å²) in [6, 6.07) is 1.60. The summed E-state index contributed by atoms with van der Waals surface area (Å²) in [4.78, 5) is 15.2. The van der Waals surface area contributed by atoms with Crippen LogP contribution in [0.15, 0.2) is 18.5 Å². The summed E-state index contributed by atoms with van der Waals surface area (Å²) in [5.74, 6) is 5.16. The van der Waals surface area contributed by atoms with Gasteiger partial charge in [-0.3, -0.25) is 15.2 Å². The molecule has 1 amide bonds. The molecule has 1 aromatic rings. The second kappa shape index (κ2) is 6.30. The number of carbonyl (C=O) groups is 1. The van der Waals surface area contributed by atoms with Crippen LogP contribution in [0.2, 0.25) is 5.02 Å². The maximum atomic E-state index is 11.4. The Bertz CT molecular complexity index is 360. The molecule has 0 aliphatic carbocycles. The highest BCUT2D eigenvalue weighted by molar-refractivity contribution is 6.30. The van der Waals surface area contributed by atoms with Gasteiger partial charge in [-0.25, -0.2) is 5.84 Å². The van der Waals surface area contributed by atoms with Crippen LogP contribution in [0, 0.1) is 0 Å². The first kappa shape index (κ1) is 12.7. The number of ether oxygens (including phenoxy) is 1. The SMILES string of the molecule is CCCC(Oc1cncc(Cl)c1)C(=O)NN. The minimum atomic E-state index is -0.615. The van der Waals surface area contributed by atoms with E-state index in [-0.39, 0.29) is 5.91 Å². The molecule has 0 bridgehead atoms. The number of aromatic nitrogens is 1. The Morgan fingerprint density at radius 3 is 3.00 bits per heavy atom. The van der Waals surface area contributed by atoms with Crippen LogP contribution >= 0.6 is 11.6 Å². The smallest absolute Gasteiger partial charge is 0.274 e. The molecular formula is C10H14ClN3O2. The lowest BCUT2D eigenvalue weighted by molar-refractivity contribution is -0.128. The second-order valence-electron chi connectivity index (χ2n) is 3.24. The topological polar surface area (TPSA) is 77.2 Å². The van der Waals surface area contributed by atoms with Crippen molar-refractivity contribution in [1.29, 1.82) is 0 Å². The molecule has 1 aromatic heterocycles. The number of carbonyl (C=O) groups excluding carboxylic acids is 1. The highest BCUT2D eigenvalue weighted by Gasteiger charge is 2.18. The van der Waals surface area contributed by atoms with Crippen molar-refractivity contribution in [2.45, 2.75) is 25.9 Å². The average Bonchev–Trinajstić information content (AvgIpc) is 2.27. The van der Waals surface area contributed by atoms with Gasteiger partial charge >= 0.3 is 0 Å². The molecule has 3 N–H and O–H groups in total. The van der Waals surface area contributed by atoms with Crippen LogP contribution in [0.25, 0.3) is 0 Å². The number of hydrogen-bond donors (Lipinski definition) is 2. The monoisotopic (exact) mass is 243 g/mol. The van der Waals surface area contributed by atoms with Crippen LogP contribution in [0.4, 0.5) is 0 Å². The van der Waals surface area contributed by atoms with E-state index in [0.717, 1.165) is 6.42 Å². The standard InChI is InChI=1S/C10H14ClN3O2/c1-2-3-9(10(15)14-12)16-8-4-7(11)5-13-6-8/h4-6,9H,2-3,12H2,1H3,(H,14,15). The highest BCUT2D eigenvalue weighted by Crippen LogP contribution is 2.17. The largest absolute Gasteiger partial charge is 0.479 e. The van der Waals surface area contributed by atoms with Crippen molar-refractivity contribution in [1.82, 2.24) is 10.4 Å².